The lowest BCUT2D eigenvalue weighted by atomic mass is 9.98. The van der Waals surface area contributed by atoms with E-state index in [1.165, 1.54) is 12.8 Å². The molecule has 1 saturated carbocycles. The van der Waals surface area contributed by atoms with Crippen molar-refractivity contribution in [2.45, 2.75) is 31.2 Å². The lowest BCUT2D eigenvalue weighted by Crippen LogP contribution is -2.43. The molecule has 1 aliphatic carbocycles. The van der Waals surface area contributed by atoms with Crippen molar-refractivity contribution in [1.82, 2.24) is 4.98 Å². The summed E-state index contributed by atoms with van der Waals surface area (Å²) >= 11 is 0. The molecule has 16 heavy (non-hydrogen) atoms. The Morgan fingerprint density at radius 3 is 2.81 bits per heavy atom. The Morgan fingerprint density at radius 1 is 1.44 bits per heavy atom. The molecule has 0 aliphatic heterocycles. The number of anilines is 1. The van der Waals surface area contributed by atoms with E-state index in [1.807, 2.05) is 18.2 Å². The van der Waals surface area contributed by atoms with Crippen LogP contribution in [0.5, 0.6) is 5.88 Å². The first kappa shape index (κ1) is 11.2. The van der Waals surface area contributed by atoms with E-state index in [1.54, 1.807) is 7.11 Å². The number of nitrogens with one attached hydrogen (secondary N) is 1. The van der Waals surface area contributed by atoms with Crippen LogP contribution in [0, 0.1) is 0 Å². The van der Waals surface area contributed by atoms with Crippen molar-refractivity contribution in [2.24, 2.45) is 5.73 Å². The molecule has 1 aliphatic rings. The molecule has 0 bridgehead atoms. The maximum atomic E-state index is 5.87. The standard InChI is InChI=1S/C12H19N3O/c1-16-11-6-4-5-10(14-11)15-12(9-13)7-2-3-8-12/h4-6H,2-3,7-9,13H2,1H3,(H,14,15). The van der Waals surface area contributed by atoms with Crippen LogP contribution in [0.15, 0.2) is 18.2 Å². The maximum absolute atomic E-state index is 5.87. The molecule has 4 heteroatoms. The monoisotopic (exact) mass is 221 g/mol. The number of hydrogen-bond donors (Lipinski definition) is 2. The number of nitrogens with two attached hydrogens (primary N) is 1. The van der Waals surface area contributed by atoms with Crippen LogP contribution in [0.25, 0.3) is 0 Å². The van der Waals surface area contributed by atoms with Crippen LogP contribution >= 0.6 is 0 Å². The highest BCUT2D eigenvalue weighted by molar-refractivity contribution is 5.40. The summed E-state index contributed by atoms with van der Waals surface area (Å²) in [5, 5.41) is 3.46. The molecule has 1 fully saturated rings. The van der Waals surface area contributed by atoms with E-state index >= 15 is 0 Å². The molecule has 0 radical (unpaired) electrons. The second-order valence-electron chi connectivity index (χ2n) is 4.38. The predicted molar refractivity (Wildman–Crippen MR) is 64.7 cm³/mol. The van der Waals surface area contributed by atoms with Crippen molar-refractivity contribution < 1.29 is 4.74 Å². The molecule has 0 aromatic carbocycles. The fraction of sp³-hybridized carbons (Fsp3) is 0.583. The molecule has 4 nitrogen and oxygen atoms in total. The van der Waals surface area contributed by atoms with E-state index in [0.717, 1.165) is 18.7 Å². The second kappa shape index (κ2) is 4.70. The average molecular weight is 221 g/mol. The zero-order valence-electron chi connectivity index (χ0n) is 9.70. The van der Waals surface area contributed by atoms with Gasteiger partial charge >= 0.3 is 0 Å². The first-order valence-corrected chi connectivity index (χ1v) is 5.77. The lowest BCUT2D eigenvalue weighted by molar-refractivity contribution is 0.397. The van der Waals surface area contributed by atoms with Gasteiger partial charge in [0, 0.05) is 12.6 Å². The Kier molecular flexibility index (Phi) is 3.29. The molecule has 0 saturated heterocycles. The summed E-state index contributed by atoms with van der Waals surface area (Å²) < 4.78 is 5.10. The zero-order chi connectivity index (χ0) is 11.4. The van der Waals surface area contributed by atoms with Crippen LogP contribution in [0.1, 0.15) is 25.7 Å². The van der Waals surface area contributed by atoms with Gasteiger partial charge in [0.2, 0.25) is 5.88 Å². The minimum Gasteiger partial charge on any atom is -0.481 e. The Morgan fingerprint density at radius 2 is 2.19 bits per heavy atom. The summed E-state index contributed by atoms with van der Waals surface area (Å²) in [5.41, 5.74) is 5.91. The van der Waals surface area contributed by atoms with Gasteiger partial charge in [-0.1, -0.05) is 18.9 Å². The smallest absolute Gasteiger partial charge is 0.214 e. The topological polar surface area (TPSA) is 60.2 Å². The van der Waals surface area contributed by atoms with Crippen LogP contribution in [-0.4, -0.2) is 24.2 Å². The molecule has 2 rings (SSSR count). The molecule has 0 spiro atoms. The summed E-state index contributed by atoms with van der Waals surface area (Å²) in [4.78, 5) is 4.36. The first-order chi connectivity index (χ1) is 7.78. The Bertz CT molecular complexity index is 348. The van der Waals surface area contributed by atoms with Crippen LogP contribution < -0.4 is 15.8 Å². The Balaban J connectivity index is 2.12. The van der Waals surface area contributed by atoms with Crippen molar-refractivity contribution in [2.75, 3.05) is 19.0 Å². The highest BCUT2D eigenvalue weighted by atomic mass is 16.5. The quantitative estimate of drug-likeness (QED) is 0.813. The van der Waals surface area contributed by atoms with E-state index in [2.05, 4.69) is 10.3 Å². The number of nitrogens with zero attached hydrogens (tertiary/aromatic N) is 1. The lowest BCUT2D eigenvalue weighted by Gasteiger charge is -2.29. The number of hydrogen-bond acceptors (Lipinski definition) is 4. The maximum Gasteiger partial charge on any atom is 0.214 e. The third kappa shape index (κ3) is 2.27. The fourth-order valence-electron chi connectivity index (χ4n) is 2.30. The van der Waals surface area contributed by atoms with Gasteiger partial charge in [-0.05, 0) is 18.9 Å². The van der Waals surface area contributed by atoms with E-state index in [-0.39, 0.29) is 5.54 Å². The highest BCUT2D eigenvalue weighted by Crippen LogP contribution is 2.32. The molecular weight excluding hydrogens is 202 g/mol. The van der Waals surface area contributed by atoms with Gasteiger partial charge in [-0.15, -0.1) is 0 Å². The third-order valence-electron chi connectivity index (χ3n) is 3.28. The summed E-state index contributed by atoms with van der Waals surface area (Å²) in [6.45, 7) is 0.659. The van der Waals surface area contributed by atoms with E-state index in [9.17, 15) is 0 Å². The van der Waals surface area contributed by atoms with Gasteiger partial charge in [-0.3, -0.25) is 0 Å². The van der Waals surface area contributed by atoms with Crippen LogP contribution in [-0.2, 0) is 0 Å². The molecule has 1 aromatic heterocycles. The molecule has 3 N–H and O–H groups in total. The number of ether oxygens (including phenoxy) is 1. The molecule has 88 valence electrons. The summed E-state index contributed by atoms with van der Waals surface area (Å²) in [7, 11) is 1.63. The number of pyridine rings is 1. The summed E-state index contributed by atoms with van der Waals surface area (Å²) in [6.07, 6.45) is 4.74. The largest absolute Gasteiger partial charge is 0.481 e. The fourth-order valence-corrected chi connectivity index (χ4v) is 2.30. The van der Waals surface area contributed by atoms with Gasteiger partial charge in [0.25, 0.3) is 0 Å². The van der Waals surface area contributed by atoms with Gasteiger partial charge in [-0.25, -0.2) is 0 Å². The second-order valence-corrected chi connectivity index (χ2v) is 4.38. The normalized spacial score (nSPS) is 18.4. The van der Waals surface area contributed by atoms with Crippen molar-refractivity contribution in [1.29, 1.82) is 0 Å². The first-order valence-electron chi connectivity index (χ1n) is 5.77. The zero-order valence-corrected chi connectivity index (χ0v) is 9.70. The van der Waals surface area contributed by atoms with E-state index in [0.29, 0.717) is 12.4 Å². The van der Waals surface area contributed by atoms with E-state index in [4.69, 9.17) is 10.5 Å². The van der Waals surface area contributed by atoms with Crippen molar-refractivity contribution in [3.05, 3.63) is 18.2 Å². The van der Waals surface area contributed by atoms with Gasteiger partial charge in [-0.2, -0.15) is 4.98 Å². The molecule has 1 heterocycles. The predicted octanol–water partition coefficient (Wildman–Crippen LogP) is 1.77. The Hall–Kier alpha value is -1.29. The van der Waals surface area contributed by atoms with Crippen molar-refractivity contribution >= 4 is 5.82 Å². The van der Waals surface area contributed by atoms with E-state index < -0.39 is 0 Å². The Labute approximate surface area is 96.2 Å². The van der Waals surface area contributed by atoms with Crippen LogP contribution in [0.2, 0.25) is 0 Å². The SMILES string of the molecule is COc1cccc(NC2(CN)CCCC2)n1. The molecule has 0 unspecified atom stereocenters. The van der Waals surface area contributed by atoms with Gasteiger partial charge in [0.1, 0.15) is 5.82 Å². The van der Waals surface area contributed by atoms with Gasteiger partial charge < -0.3 is 15.8 Å². The number of rotatable bonds is 4. The molecule has 0 atom stereocenters. The van der Waals surface area contributed by atoms with Gasteiger partial charge in [0.05, 0.1) is 12.6 Å². The minimum atomic E-state index is 0.0410. The van der Waals surface area contributed by atoms with Crippen LogP contribution in [0.4, 0.5) is 5.82 Å². The molecular formula is C12H19N3O. The van der Waals surface area contributed by atoms with Crippen molar-refractivity contribution in [3.8, 4) is 5.88 Å². The van der Waals surface area contributed by atoms with Crippen LogP contribution in [0.3, 0.4) is 0 Å². The average Bonchev–Trinajstić information content (AvgIpc) is 2.78. The summed E-state index contributed by atoms with van der Waals surface area (Å²) in [5.74, 6) is 1.49. The molecule has 0 amide bonds. The molecule has 1 aromatic rings. The number of aromatic nitrogens is 1. The van der Waals surface area contributed by atoms with Crippen molar-refractivity contribution in [3.63, 3.8) is 0 Å². The summed E-state index contributed by atoms with van der Waals surface area (Å²) in [6, 6.07) is 5.74. The highest BCUT2D eigenvalue weighted by Gasteiger charge is 2.32. The third-order valence-corrected chi connectivity index (χ3v) is 3.28. The number of methoxy groups -OCH3 is 1. The minimum absolute atomic E-state index is 0.0410. The van der Waals surface area contributed by atoms with Gasteiger partial charge in [0.15, 0.2) is 0 Å².